The molecule has 0 rings (SSSR count). The van der Waals surface area contributed by atoms with Crippen molar-refractivity contribution in [2.75, 3.05) is 6.61 Å². The fraction of sp³-hybridized carbons (Fsp3) is 0.125. The van der Waals surface area contributed by atoms with Gasteiger partial charge in [0.15, 0.2) is 12.1 Å². The molecule has 0 unspecified atom stereocenters. The first-order chi connectivity index (χ1) is 6.63. The Labute approximate surface area is 79.8 Å². The third-order valence-corrected chi connectivity index (χ3v) is 1.04. The minimum absolute atomic E-state index is 0.239. The van der Waals surface area contributed by atoms with Crippen molar-refractivity contribution in [1.82, 2.24) is 5.48 Å². The Morgan fingerprint density at radius 2 is 2.14 bits per heavy atom. The molecule has 2 N–H and O–H groups in total. The number of aldehydes is 1. The lowest BCUT2D eigenvalue weighted by molar-refractivity contribution is -0.152. The molecule has 76 valence electrons. The molecular formula is C8H9NO5. The van der Waals surface area contributed by atoms with Gasteiger partial charge in [-0.25, -0.2) is 10.3 Å². The lowest BCUT2D eigenvalue weighted by Gasteiger charge is -2.03. The van der Waals surface area contributed by atoms with Gasteiger partial charge in [0.1, 0.15) is 12.3 Å². The molecule has 0 aromatic rings. The number of aliphatic hydroxyl groups excluding tert-OH is 1. The minimum atomic E-state index is -0.969. The number of rotatable bonds is 6. The van der Waals surface area contributed by atoms with Crippen molar-refractivity contribution in [3.63, 3.8) is 0 Å². The summed E-state index contributed by atoms with van der Waals surface area (Å²) in [5.74, 6) is -1.48. The fourth-order valence-corrected chi connectivity index (χ4v) is 0.448. The van der Waals surface area contributed by atoms with Gasteiger partial charge in [0.2, 0.25) is 0 Å². The van der Waals surface area contributed by atoms with Crippen molar-refractivity contribution < 1.29 is 24.3 Å². The zero-order valence-corrected chi connectivity index (χ0v) is 7.23. The maximum absolute atomic E-state index is 10.7. The molecule has 0 saturated heterocycles. The number of ketones is 1. The smallest absolute Gasteiger partial charge is 0.357 e. The van der Waals surface area contributed by atoms with Crippen LogP contribution in [0.1, 0.15) is 0 Å². The fourth-order valence-electron chi connectivity index (χ4n) is 0.448. The van der Waals surface area contributed by atoms with Gasteiger partial charge in [0.25, 0.3) is 0 Å². The number of hydrogen-bond donors (Lipinski definition) is 2. The number of allylic oxidation sites excluding steroid dienone is 3. The molecule has 0 bridgehead atoms. The summed E-state index contributed by atoms with van der Waals surface area (Å²) < 4.78 is 0. The predicted octanol–water partition coefficient (Wildman–Crippen LogP) is -1.14. The van der Waals surface area contributed by atoms with E-state index in [9.17, 15) is 14.4 Å². The third-order valence-electron chi connectivity index (χ3n) is 1.04. The van der Waals surface area contributed by atoms with E-state index in [1.54, 1.807) is 0 Å². The van der Waals surface area contributed by atoms with Gasteiger partial charge >= 0.3 is 5.97 Å². The summed E-state index contributed by atoms with van der Waals surface area (Å²) >= 11 is 0. The topological polar surface area (TPSA) is 92.7 Å². The first-order valence-corrected chi connectivity index (χ1v) is 3.53. The lowest BCUT2D eigenvalue weighted by atomic mass is 10.3. The molecule has 14 heavy (non-hydrogen) atoms. The summed E-state index contributed by atoms with van der Waals surface area (Å²) in [5, 5.41) is 8.24. The maximum atomic E-state index is 10.7. The molecule has 0 aliphatic carbocycles. The SMILES string of the molecule is C=CC(=O)C=C(C=O)NOC(=O)CO. The van der Waals surface area contributed by atoms with Crippen LogP contribution in [-0.4, -0.2) is 29.8 Å². The molecule has 0 saturated carbocycles. The van der Waals surface area contributed by atoms with Gasteiger partial charge < -0.3 is 9.94 Å². The van der Waals surface area contributed by atoms with Crippen molar-refractivity contribution in [1.29, 1.82) is 0 Å². The third kappa shape index (κ3) is 4.83. The van der Waals surface area contributed by atoms with Gasteiger partial charge in [0, 0.05) is 6.08 Å². The Balaban J connectivity index is 4.22. The molecule has 0 aliphatic rings. The van der Waals surface area contributed by atoms with Crippen LogP contribution in [0.5, 0.6) is 0 Å². The Hall–Kier alpha value is -1.95. The zero-order valence-electron chi connectivity index (χ0n) is 7.23. The molecule has 0 atom stereocenters. The van der Waals surface area contributed by atoms with Crippen molar-refractivity contribution in [3.05, 3.63) is 24.4 Å². The normalized spacial score (nSPS) is 10.2. The standard InChI is InChI=1S/C8H9NO5/c1-2-7(12)3-6(4-10)9-14-8(13)5-11/h2-4,9,11H,1,5H2. The van der Waals surface area contributed by atoms with Crippen molar-refractivity contribution in [2.45, 2.75) is 0 Å². The van der Waals surface area contributed by atoms with Crippen LogP contribution in [0, 0.1) is 0 Å². The van der Waals surface area contributed by atoms with E-state index in [-0.39, 0.29) is 12.0 Å². The van der Waals surface area contributed by atoms with E-state index in [1.807, 2.05) is 5.48 Å². The predicted molar refractivity (Wildman–Crippen MR) is 45.7 cm³/mol. The average Bonchev–Trinajstić information content (AvgIpc) is 2.22. The highest BCUT2D eigenvalue weighted by Gasteiger charge is 2.02. The molecule has 0 amide bonds. The molecule has 0 radical (unpaired) electrons. The maximum Gasteiger partial charge on any atom is 0.357 e. The van der Waals surface area contributed by atoms with Gasteiger partial charge in [0.05, 0.1) is 0 Å². The second kappa shape index (κ2) is 6.55. The largest absolute Gasteiger partial charge is 0.385 e. The number of hydroxylamine groups is 1. The van der Waals surface area contributed by atoms with Crippen LogP contribution in [0.3, 0.4) is 0 Å². The summed E-state index contributed by atoms with van der Waals surface area (Å²) in [4.78, 5) is 35.6. The van der Waals surface area contributed by atoms with E-state index in [2.05, 4.69) is 11.4 Å². The molecule has 0 spiro atoms. The number of carbonyl (C=O) groups is 3. The Morgan fingerprint density at radius 3 is 2.57 bits per heavy atom. The Bertz CT molecular complexity index is 281. The van der Waals surface area contributed by atoms with Crippen LogP contribution >= 0.6 is 0 Å². The van der Waals surface area contributed by atoms with E-state index < -0.39 is 18.4 Å². The highest BCUT2D eigenvalue weighted by molar-refractivity contribution is 6.01. The highest BCUT2D eigenvalue weighted by atomic mass is 16.7. The number of hydrogen-bond acceptors (Lipinski definition) is 6. The summed E-state index contributed by atoms with van der Waals surface area (Å²) in [7, 11) is 0. The van der Waals surface area contributed by atoms with Crippen molar-refractivity contribution in [2.24, 2.45) is 0 Å². The van der Waals surface area contributed by atoms with E-state index >= 15 is 0 Å². The van der Waals surface area contributed by atoms with E-state index in [0.29, 0.717) is 0 Å². The number of carbonyl (C=O) groups excluding carboxylic acids is 3. The van der Waals surface area contributed by atoms with E-state index in [0.717, 1.165) is 12.2 Å². The van der Waals surface area contributed by atoms with Crippen molar-refractivity contribution in [3.8, 4) is 0 Å². The van der Waals surface area contributed by atoms with Crippen molar-refractivity contribution >= 4 is 18.0 Å². The average molecular weight is 199 g/mol. The molecule has 0 heterocycles. The molecule has 0 aromatic carbocycles. The molecular weight excluding hydrogens is 190 g/mol. The second-order valence-electron chi connectivity index (χ2n) is 2.06. The van der Waals surface area contributed by atoms with Crippen LogP contribution in [0.4, 0.5) is 0 Å². The van der Waals surface area contributed by atoms with Gasteiger partial charge in [-0.05, 0) is 6.08 Å². The molecule has 6 heteroatoms. The summed E-state index contributed by atoms with van der Waals surface area (Å²) in [6.45, 7) is 2.35. The van der Waals surface area contributed by atoms with Gasteiger partial charge in [-0.3, -0.25) is 9.59 Å². The van der Waals surface area contributed by atoms with E-state index in [4.69, 9.17) is 5.11 Å². The quantitative estimate of drug-likeness (QED) is 0.319. The first kappa shape index (κ1) is 12.0. The Morgan fingerprint density at radius 1 is 1.50 bits per heavy atom. The van der Waals surface area contributed by atoms with Crippen LogP contribution in [-0.2, 0) is 19.2 Å². The Kier molecular flexibility index (Phi) is 5.64. The number of aliphatic hydroxyl groups is 1. The monoisotopic (exact) mass is 199 g/mol. The first-order valence-electron chi connectivity index (χ1n) is 3.53. The van der Waals surface area contributed by atoms with Gasteiger partial charge in [-0.2, -0.15) is 0 Å². The van der Waals surface area contributed by atoms with E-state index in [1.165, 1.54) is 0 Å². The molecule has 0 fully saturated rings. The summed E-state index contributed by atoms with van der Waals surface area (Å²) in [5.41, 5.74) is 1.66. The molecule has 0 aromatic heterocycles. The molecule has 6 nitrogen and oxygen atoms in total. The lowest BCUT2D eigenvalue weighted by Crippen LogP contribution is -2.22. The van der Waals surface area contributed by atoms with Crippen LogP contribution in [0.2, 0.25) is 0 Å². The second-order valence-corrected chi connectivity index (χ2v) is 2.06. The van der Waals surface area contributed by atoms with Gasteiger partial charge in [-0.15, -0.1) is 0 Å². The van der Waals surface area contributed by atoms with Crippen LogP contribution in [0.25, 0.3) is 0 Å². The van der Waals surface area contributed by atoms with Crippen LogP contribution < -0.4 is 5.48 Å². The number of nitrogens with one attached hydrogen (secondary N) is 1. The summed E-state index contributed by atoms with van der Waals surface area (Å²) in [6.07, 6.45) is 2.16. The summed E-state index contributed by atoms with van der Waals surface area (Å²) in [6, 6.07) is 0. The molecule has 0 aliphatic heterocycles. The van der Waals surface area contributed by atoms with Gasteiger partial charge in [-0.1, -0.05) is 6.58 Å². The van der Waals surface area contributed by atoms with Crippen LogP contribution in [0.15, 0.2) is 24.4 Å². The minimum Gasteiger partial charge on any atom is -0.385 e. The zero-order chi connectivity index (χ0) is 11.0. The highest BCUT2D eigenvalue weighted by Crippen LogP contribution is 1.87.